The predicted molar refractivity (Wildman–Crippen MR) is 136 cm³/mol. The molecule has 10 heteroatoms. The number of aliphatic carboxylic acids is 1. The van der Waals surface area contributed by atoms with Crippen molar-refractivity contribution in [3.63, 3.8) is 0 Å². The number of carboxylic acids is 1. The molecular formula is C27H26F3NO5S. The minimum Gasteiger partial charge on any atom is -0.487 e. The van der Waals surface area contributed by atoms with E-state index in [1.807, 2.05) is 0 Å². The smallest absolute Gasteiger partial charge is 0.416 e. The Labute approximate surface area is 213 Å². The van der Waals surface area contributed by atoms with Gasteiger partial charge in [0.05, 0.1) is 23.5 Å². The predicted octanol–water partition coefficient (Wildman–Crippen LogP) is 6.13. The normalized spacial score (nSPS) is 12.0. The Morgan fingerprint density at radius 3 is 2.27 bits per heavy atom. The van der Waals surface area contributed by atoms with Crippen molar-refractivity contribution >= 4 is 27.8 Å². The average molecular weight is 534 g/mol. The first-order valence-corrected chi connectivity index (χ1v) is 13.0. The van der Waals surface area contributed by atoms with E-state index in [1.165, 1.54) is 6.08 Å². The molecule has 0 amide bonds. The van der Waals surface area contributed by atoms with Gasteiger partial charge in [0.25, 0.3) is 0 Å². The van der Waals surface area contributed by atoms with Gasteiger partial charge in [0, 0.05) is 6.08 Å². The van der Waals surface area contributed by atoms with Gasteiger partial charge in [-0.15, -0.1) is 0 Å². The van der Waals surface area contributed by atoms with Crippen molar-refractivity contribution in [2.24, 2.45) is 0 Å². The van der Waals surface area contributed by atoms with Crippen molar-refractivity contribution in [2.75, 3.05) is 10.1 Å². The first kappa shape index (κ1) is 27.8. The fourth-order valence-corrected chi connectivity index (χ4v) is 5.05. The quantitative estimate of drug-likeness (QED) is 0.300. The Bertz CT molecular complexity index is 1340. The molecule has 0 fully saturated rings. The fourth-order valence-electron chi connectivity index (χ4n) is 3.52. The van der Waals surface area contributed by atoms with Crippen LogP contribution in [0.1, 0.15) is 35.6 Å². The highest BCUT2D eigenvalue weighted by atomic mass is 32.2. The number of sulfonamides is 1. The second-order valence-electron chi connectivity index (χ2n) is 8.19. The van der Waals surface area contributed by atoms with Crippen molar-refractivity contribution in [2.45, 2.75) is 32.7 Å². The molecule has 6 nitrogen and oxygen atoms in total. The van der Waals surface area contributed by atoms with Crippen LogP contribution in [0, 0.1) is 0 Å². The molecule has 0 saturated carbocycles. The lowest BCUT2D eigenvalue weighted by Crippen LogP contribution is -2.33. The summed E-state index contributed by atoms with van der Waals surface area (Å²) >= 11 is 0. The van der Waals surface area contributed by atoms with Crippen LogP contribution < -0.4 is 9.04 Å². The fraction of sp³-hybridized carbons (Fsp3) is 0.222. The molecule has 0 aliphatic rings. The van der Waals surface area contributed by atoms with Gasteiger partial charge >= 0.3 is 12.1 Å². The highest BCUT2D eigenvalue weighted by molar-refractivity contribution is 7.92. The molecule has 196 valence electrons. The van der Waals surface area contributed by atoms with Gasteiger partial charge in [-0.25, -0.2) is 13.2 Å². The van der Waals surface area contributed by atoms with E-state index in [-0.39, 0.29) is 30.3 Å². The minimum absolute atomic E-state index is 0.00585. The van der Waals surface area contributed by atoms with Gasteiger partial charge in [-0.1, -0.05) is 61.5 Å². The van der Waals surface area contributed by atoms with E-state index in [0.29, 0.717) is 23.1 Å². The molecule has 3 aromatic rings. The number of anilines is 1. The Morgan fingerprint density at radius 1 is 1.00 bits per heavy atom. The van der Waals surface area contributed by atoms with Crippen LogP contribution in [0.5, 0.6) is 5.75 Å². The SMILES string of the molecule is CCCS(=O)(=O)N(Cc1ccccc1)c1ccc(C(F)(F)F)cc1OCc1ccc(C=CC(=O)O)cc1. The largest absolute Gasteiger partial charge is 0.487 e. The Morgan fingerprint density at radius 2 is 1.68 bits per heavy atom. The number of halogens is 3. The number of nitrogens with zero attached hydrogens (tertiary/aromatic N) is 1. The maximum Gasteiger partial charge on any atom is 0.416 e. The maximum atomic E-state index is 13.5. The summed E-state index contributed by atoms with van der Waals surface area (Å²) in [6.45, 7) is 1.50. The van der Waals surface area contributed by atoms with Crippen LogP contribution in [0.3, 0.4) is 0 Å². The summed E-state index contributed by atoms with van der Waals surface area (Å²) in [6, 6.07) is 18.1. The zero-order chi connectivity index (χ0) is 27.1. The van der Waals surface area contributed by atoms with Crippen LogP contribution in [0.2, 0.25) is 0 Å². The third-order valence-corrected chi connectivity index (χ3v) is 7.24. The van der Waals surface area contributed by atoms with Crippen LogP contribution in [-0.4, -0.2) is 25.2 Å². The molecule has 0 bridgehead atoms. The van der Waals surface area contributed by atoms with E-state index in [0.717, 1.165) is 28.6 Å². The van der Waals surface area contributed by atoms with Gasteiger partial charge in [0.1, 0.15) is 12.4 Å². The molecule has 0 aliphatic carbocycles. The van der Waals surface area contributed by atoms with E-state index in [2.05, 4.69) is 0 Å². The summed E-state index contributed by atoms with van der Waals surface area (Å²) in [5.41, 5.74) is 0.921. The van der Waals surface area contributed by atoms with Gasteiger partial charge in [-0.05, 0) is 47.4 Å². The van der Waals surface area contributed by atoms with Gasteiger partial charge < -0.3 is 9.84 Å². The molecule has 37 heavy (non-hydrogen) atoms. The number of ether oxygens (including phenoxy) is 1. The summed E-state index contributed by atoms with van der Waals surface area (Å²) in [6.07, 6.45) is -1.94. The van der Waals surface area contributed by atoms with Crippen molar-refractivity contribution in [1.29, 1.82) is 0 Å². The lowest BCUT2D eigenvalue weighted by atomic mass is 10.1. The molecule has 0 unspecified atom stereocenters. The molecular weight excluding hydrogens is 507 g/mol. The monoisotopic (exact) mass is 533 g/mol. The number of hydrogen-bond acceptors (Lipinski definition) is 4. The Balaban J connectivity index is 1.99. The van der Waals surface area contributed by atoms with E-state index < -0.39 is 27.7 Å². The van der Waals surface area contributed by atoms with E-state index in [1.54, 1.807) is 61.5 Å². The number of hydrogen-bond donors (Lipinski definition) is 1. The Hall–Kier alpha value is -3.79. The molecule has 0 spiro atoms. The average Bonchev–Trinajstić information content (AvgIpc) is 2.85. The Kier molecular flexibility index (Phi) is 8.99. The number of carbonyl (C=O) groups is 1. The van der Waals surface area contributed by atoms with Crippen molar-refractivity contribution in [1.82, 2.24) is 0 Å². The number of alkyl halides is 3. The van der Waals surface area contributed by atoms with Crippen molar-refractivity contribution in [3.05, 3.63) is 101 Å². The van der Waals surface area contributed by atoms with Crippen molar-refractivity contribution in [3.8, 4) is 5.75 Å². The first-order chi connectivity index (χ1) is 17.5. The molecule has 3 rings (SSSR count). The molecule has 0 aliphatic heterocycles. The second-order valence-corrected chi connectivity index (χ2v) is 10.2. The van der Waals surface area contributed by atoms with Gasteiger partial charge in [-0.2, -0.15) is 13.2 Å². The summed E-state index contributed by atoms with van der Waals surface area (Å²) in [4.78, 5) is 10.7. The first-order valence-electron chi connectivity index (χ1n) is 11.4. The van der Waals surface area contributed by atoms with Crippen LogP contribution in [0.25, 0.3) is 6.08 Å². The molecule has 0 aromatic heterocycles. The summed E-state index contributed by atoms with van der Waals surface area (Å²) in [5, 5.41) is 8.74. The van der Waals surface area contributed by atoms with Gasteiger partial charge in [-0.3, -0.25) is 4.31 Å². The van der Waals surface area contributed by atoms with Gasteiger partial charge in [0.15, 0.2) is 0 Å². The zero-order valence-electron chi connectivity index (χ0n) is 20.0. The number of carboxylic acid groups (broad SMARTS) is 1. The molecule has 0 saturated heterocycles. The lowest BCUT2D eigenvalue weighted by Gasteiger charge is -2.27. The van der Waals surface area contributed by atoms with E-state index in [9.17, 15) is 26.4 Å². The lowest BCUT2D eigenvalue weighted by molar-refractivity contribution is -0.137. The van der Waals surface area contributed by atoms with Crippen LogP contribution >= 0.6 is 0 Å². The molecule has 0 heterocycles. The summed E-state index contributed by atoms with van der Waals surface area (Å²) in [5.74, 6) is -1.51. The summed E-state index contributed by atoms with van der Waals surface area (Å²) in [7, 11) is -3.88. The molecule has 0 atom stereocenters. The third kappa shape index (κ3) is 7.85. The van der Waals surface area contributed by atoms with E-state index >= 15 is 0 Å². The number of benzene rings is 3. The third-order valence-electron chi connectivity index (χ3n) is 5.32. The standard InChI is InChI=1S/C27H26F3NO5S/c1-2-16-37(34,35)31(18-21-6-4-3-5-7-21)24-14-13-23(27(28,29)30)17-25(24)36-19-22-10-8-20(9-11-22)12-15-26(32)33/h3-15,17H,2,16,18-19H2,1H3,(H,32,33). The van der Waals surface area contributed by atoms with Crippen LogP contribution in [0.4, 0.5) is 18.9 Å². The minimum atomic E-state index is -4.65. The number of rotatable bonds is 11. The van der Waals surface area contributed by atoms with E-state index in [4.69, 9.17) is 9.84 Å². The van der Waals surface area contributed by atoms with Crippen LogP contribution in [0.15, 0.2) is 78.9 Å². The molecule has 1 N–H and O–H groups in total. The summed E-state index contributed by atoms with van der Waals surface area (Å²) < 4.78 is 73.7. The van der Waals surface area contributed by atoms with Crippen LogP contribution in [-0.2, 0) is 34.1 Å². The molecule has 0 radical (unpaired) electrons. The molecule has 3 aromatic carbocycles. The highest BCUT2D eigenvalue weighted by Crippen LogP contribution is 2.39. The zero-order valence-corrected chi connectivity index (χ0v) is 20.8. The topological polar surface area (TPSA) is 83.9 Å². The van der Waals surface area contributed by atoms with Crippen molar-refractivity contribution < 1.29 is 36.2 Å². The maximum absolute atomic E-state index is 13.5. The second kappa shape index (κ2) is 12.0. The van der Waals surface area contributed by atoms with Gasteiger partial charge in [0.2, 0.25) is 10.0 Å². The highest BCUT2D eigenvalue weighted by Gasteiger charge is 2.33.